The van der Waals surface area contributed by atoms with E-state index in [2.05, 4.69) is 127 Å². The molecule has 43 heavy (non-hydrogen) atoms. The van der Waals surface area contributed by atoms with Crippen LogP contribution >= 0.6 is 0 Å². The summed E-state index contributed by atoms with van der Waals surface area (Å²) in [5, 5.41) is 6.88. The third-order valence-corrected chi connectivity index (χ3v) is 8.80. The summed E-state index contributed by atoms with van der Waals surface area (Å²) in [4.78, 5) is 0. The van der Waals surface area contributed by atoms with E-state index in [1.165, 1.54) is 33.0 Å². The highest BCUT2D eigenvalue weighted by Gasteiger charge is 2.23. The van der Waals surface area contributed by atoms with Crippen LogP contribution < -0.4 is 4.74 Å². The van der Waals surface area contributed by atoms with E-state index >= 15 is 0 Å². The number of fused-ring (bicyclic) bond motifs is 4. The second kappa shape index (κ2) is 9.44. The Hall–Kier alpha value is -5.66. The van der Waals surface area contributed by atoms with Crippen LogP contribution in [0.4, 0.5) is 0 Å². The van der Waals surface area contributed by atoms with E-state index in [4.69, 9.17) is 6.11 Å². The molecule has 0 spiro atoms. The molecule has 1 nitrogen and oxygen atoms in total. The van der Waals surface area contributed by atoms with Crippen molar-refractivity contribution in [2.24, 2.45) is 0 Å². The molecular formula is C42H26O. The van der Waals surface area contributed by atoms with Crippen molar-refractivity contribution in [3.05, 3.63) is 158 Å². The molecule has 0 N–H and O–H groups in total. The maximum atomic E-state index is 8.67. The standard InChI is InChI=1S/C42H26O/c1-2-12-27(13-3-1)28-14-10-15-29(26-28)40-31-17-4-6-19-33(31)41(34-20-7-5-18-32(34)40)37-25-24-36-30-16-8-9-22-38(30)43-39-23-11-21-35(37)42(36)39/h1-26H/i4D. The van der Waals surface area contributed by atoms with Crippen molar-refractivity contribution in [1.82, 2.24) is 0 Å². The van der Waals surface area contributed by atoms with Crippen molar-refractivity contribution in [1.29, 1.82) is 0 Å². The summed E-state index contributed by atoms with van der Waals surface area (Å²) in [6.45, 7) is 0. The lowest BCUT2D eigenvalue weighted by Crippen LogP contribution is -1.98. The minimum absolute atomic E-state index is 0.501. The molecular weight excluding hydrogens is 520 g/mol. The summed E-state index contributed by atoms with van der Waals surface area (Å²) in [7, 11) is 0. The summed E-state index contributed by atoms with van der Waals surface area (Å²) >= 11 is 0. The summed E-state index contributed by atoms with van der Waals surface area (Å²) < 4.78 is 15.1. The molecule has 0 atom stereocenters. The second-order valence-corrected chi connectivity index (χ2v) is 11.2. The Morgan fingerprint density at radius 3 is 1.86 bits per heavy atom. The van der Waals surface area contributed by atoms with Crippen molar-refractivity contribution in [2.45, 2.75) is 0 Å². The average Bonchev–Trinajstić information content (AvgIpc) is 3.08. The van der Waals surface area contributed by atoms with Gasteiger partial charge in [0.15, 0.2) is 0 Å². The van der Waals surface area contributed by atoms with E-state index in [0.717, 1.165) is 55.3 Å². The van der Waals surface area contributed by atoms with E-state index in [9.17, 15) is 0 Å². The molecule has 200 valence electrons. The number of hydrogen-bond acceptors (Lipinski definition) is 1. The number of benzene rings is 8. The lowest BCUT2D eigenvalue weighted by molar-refractivity contribution is 0.487. The van der Waals surface area contributed by atoms with Gasteiger partial charge in [0.25, 0.3) is 0 Å². The fraction of sp³-hybridized carbons (Fsp3) is 0. The lowest BCUT2D eigenvalue weighted by Gasteiger charge is -2.24. The summed E-state index contributed by atoms with van der Waals surface area (Å²) in [5.41, 5.74) is 9.32. The Bertz CT molecular complexity index is 2420. The highest BCUT2D eigenvalue weighted by Crippen LogP contribution is 2.51. The zero-order valence-corrected chi connectivity index (χ0v) is 23.3. The maximum absolute atomic E-state index is 8.67. The number of hydrogen-bond donors (Lipinski definition) is 0. The molecule has 0 fully saturated rings. The number of rotatable bonds is 3. The molecule has 1 aliphatic heterocycles. The molecule has 9 rings (SSSR count). The van der Waals surface area contributed by atoms with Gasteiger partial charge in [-0.2, -0.15) is 0 Å². The van der Waals surface area contributed by atoms with Crippen molar-refractivity contribution >= 4 is 32.3 Å². The smallest absolute Gasteiger partial charge is 0.135 e. The number of ether oxygens (including phenoxy) is 1. The third-order valence-electron chi connectivity index (χ3n) is 8.80. The summed E-state index contributed by atoms with van der Waals surface area (Å²) in [6, 6.07) is 53.8. The SMILES string of the molecule is [2H]c1ccc2c(-c3ccc4c5c(cccc35)Oc3ccccc3-4)c3ccccc3c(-c3cccc(-c4ccccc4)c3)c2c1. The highest BCUT2D eigenvalue weighted by atomic mass is 16.5. The monoisotopic (exact) mass is 547 g/mol. The molecule has 1 heteroatoms. The quantitative estimate of drug-likeness (QED) is 0.200. The predicted molar refractivity (Wildman–Crippen MR) is 181 cm³/mol. The molecule has 0 unspecified atom stereocenters. The summed E-state index contributed by atoms with van der Waals surface area (Å²) in [5.74, 6) is 1.77. The van der Waals surface area contributed by atoms with E-state index in [1.54, 1.807) is 0 Å². The largest absolute Gasteiger partial charge is 0.456 e. The van der Waals surface area contributed by atoms with E-state index in [1.807, 2.05) is 24.3 Å². The van der Waals surface area contributed by atoms with E-state index in [0.29, 0.717) is 6.04 Å². The first-order chi connectivity index (χ1) is 21.7. The van der Waals surface area contributed by atoms with Gasteiger partial charge in [-0.1, -0.05) is 140 Å². The van der Waals surface area contributed by atoms with Crippen LogP contribution in [0.5, 0.6) is 11.5 Å². The molecule has 8 aromatic rings. The minimum Gasteiger partial charge on any atom is -0.456 e. The summed E-state index contributed by atoms with van der Waals surface area (Å²) in [6.07, 6.45) is 0. The van der Waals surface area contributed by atoms with Gasteiger partial charge in [-0.05, 0) is 84.1 Å². The second-order valence-electron chi connectivity index (χ2n) is 11.2. The normalized spacial score (nSPS) is 12.2. The minimum atomic E-state index is 0.501. The van der Waals surface area contributed by atoms with Gasteiger partial charge in [0.05, 0.1) is 1.37 Å². The van der Waals surface area contributed by atoms with Crippen LogP contribution in [-0.4, -0.2) is 0 Å². The zero-order valence-electron chi connectivity index (χ0n) is 24.3. The number of para-hydroxylation sites is 1. The van der Waals surface area contributed by atoms with Gasteiger partial charge < -0.3 is 4.74 Å². The predicted octanol–water partition coefficient (Wildman–Crippen LogP) is 11.9. The van der Waals surface area contributed by atoms with Crippen molar-refractivity contribution in [3.63, 3.8) is 0 Å². The molecule has 0 aromatic heterocycles. The van der Waals surface area contributed by atoms with Gasteiger partial charge in [-0.25, -0.2) is 0 Å². The van der Waals surface area contributed by atoms with Crippen LogP contribution in [-0.2, 0) is 0 Å². The van der Waals surface area contributed by atoms with E-state index < -0.39 is 0 Å². The fourth-order valence-corrected chi connectivity index (χ4v) is 6.95. The van der Waals surface area contributed by atoms with Gasteiger partial charge in [0, 0.05) is 10.9 Å². The van der Waals surface area contributed by atoms with Gasteiger partial charge in [0.2, 0.25) is 0 Å². The van der Waals surface area contributed by atoms with Crippen molar-refractivity contribution in [3.8, 4) is 56.0 Å². The Morgan fingerprint density at radius 1 is 0.372 bits per heavy atom. The van der Waals surface area contributed by atoms with Crippen molar-refractivity contribution < 1.29 is 6.11 Å². The Labute approximate surface area is 251 Å². The first-order valence-electron chi connectivity index (χ1n) is 15.2. The Balaban J connectivity index is 1.38. The topological polar surface area (TPSA) is 9.23 Å². The van der Waals surface area contributed by atoms with Crippen LogP contribution in [0, 0.1) is 0 Å². The van der Waals surface area contributed by atoms with Crippen LogP contribution in [0.1, 0.15) is 1.37 Å². The molecule has 1 heterocycles. The highest BCUT2D eigenvalue weighted by molar-refractivity contribution is 6.24. The molecule has 8 aromatic carbocycles. The molecule has 0 saturated carbocycles. The van der Waals surface area contributed by atoms with Crippen molar-refractivity contribution in [2.75, 3.05) is 0 Å². The molecule has 0 radical (unpaired) electrons. The first kappa shape index (κ1) is 23.0. The van der Waals surface area contributed by atoms with E-state index in [-0.39, 0.29) is 0 Å². The van der Waals surface area contributed by atoms with Gasteiger partial charge in [-0.15, -0.1) is 0 Å². The Morgan fingerprint density at radius 2 is 0.977 bits per heavy atom. The van der Waals surface area contributed by atoms with Gasteiger partial charge in [-0.3, -0.25) is 0 Å². The third kappa shape index (κ3) is 3.65. The van der Waals surface area contributed by atoms with Gasteiger partial charge in [0.1, 0.15) is 11.5 Å². The van der Waals surface area contributed by atoms with Gasteiger partial charge >= 0.3 is 0 Å². The van der Waals surface area contributed by atoms with Crippen LogP contribution in [0.3, 0.4) is 0 Å². The molecule has 0 amide bonds. The molecule has 0 bridgehead atoms. The zero-order chi connectivity index (χ0) is 29.2. The molecule has 0 saturated heterocycles. The average molecular weight is 548 g/mol. The molecule has 0 aliphatic carbocycles. The fourth-order valence-electron chi connectivity index (χ4n) is 6.95. The Kier molecular flexibility index (Phi) is 5.04. The van der Waals surface area contributed by atoms with Crippen LogP contribution in [0.2, 0.25) is 0 Å². The molecule has 1 aliphatic rings. The first-order valence-corrected chi connectivity index (χ1v) is 14.7. The lowest BCUT2D eigenvalue weighted by atomic mass is 9.83. The maximum Gasteiger partial charge on any atom is 0.135 e. The van der Waals surface area contributed by atoms with Crippen LogP contribution in [0.15, 0.2) is 158 Å². The van der Waals surface area contributed by atoms with Crippen LogP contribution in [0.25, 0.3) is 76.8 Å².